The van der Waals surface area contributed by atoms with Gasteiger partial charge in [-0.15, -0.1) is 6.58 Å². The molecule has 0 aromatic heterocycles. The molecule has 1 aromatic rings. The van der Waals surface area contributed by atoms with Crippen molar-refractivity contribution in [2.24, 2.45) is 5.41 Å². The van der Waals surface area contributed by atoms with Crippen molar-refractivity contribution in [3.8, 4) is 11.5 Å². The summed E-state index contributed by atoms with van der Waals surface area (Å²) in [6, 6.07) is 7.58. The first-order chi connectivity index (χ1) is 8.03. The van der Waals surface area contributed by atoms with Gasteiger partial charge < -0.3 is 14.6 Å². The van der Waals surface area contributed by atoms with E-state index < -0.39 is 6.10 Å². The summed E-state index contributed by atoms with van der Waals surface area (Å²) in [6.45, 7) is 7.54. The molecule has 3 nitrogen and oxygen atoms in total. The molecule has 0 amide bonds. The van der Waals surface area contributed by atoms with Gasteiger partial charge in [-0.1, -0.05) is 32.1 Å². The Morgan fingerprint density at radius 1 is 1.35 bits per heavy atom. The topological polar surface area (TPSA) is 38.7 Å². The van der Waals surface area contributed by atoms with Crippen molar-refractivity contribution in [2.45, 2.75) is 32.7 Å². The van der Waals surface area contributed by atoms with Crippen molar-refractivity contribution >= 4 is 0 Å². The van der Waals surface area contributed by atoms with Crippen LogP contribution in [0.2, 0.25) is 0 Å². The number of aliphatic hydroxyl groups excluding tert-OH is 1. The molecule has 1 aliphatic heterocycles. The molecule has 1 aliphatic rings. The standard InChI is InChI=1S/C14H18O3/c1-4-12(15)14(2,3)9-13-16-10-7-5-6-8-11(10)17-13/h4-8,12-13,15H,1,9H2,2-3H3. The van der Waals surface area contributed by atoms with E-state index in [-0.39, 0.29) is 11.7 Å². The molecule has 1 heterocycles. The molecular weight excluding hydrogens is 216 g/mol. The van der Waals surface area contributed by atoms with Crippen molar-refractivity contribution in [1.82, 2.24) is 0 Å². The third-order valence-corrected chi connectivity index (χ3v) is 3.08. The molecule has 3 heteroatoms. The van der Waals surface area contributed by atoms with Gasteiger partial charge >= 0.3 is 0 Å². The number of rotatable bonds is 4. The summed E-state index contributed by atoms with van der Waals surface area (Å²) in [5.41, 5.74) is -0.325. The lowest BCUT2D eigenvalue weighted by atomic mass is 9.83. The summed E-state index contributed by atoms with van der Waals surface area (Å²) in [6.07, 6.45) is 1.24. The third-order valence-electron chi connectivity index (χ3n) is 3.08. The van der Waals surface area contributed by atoms with Gasteiger partial charge in [-0.3, -0.25) is 0 Å². The maximum atomic E-state index is 9.83. The van der Waals surface area contributed by atoms with Crippen LogP contribution in [0.1, 0.15) is 20.3 Å². The van der Waals surface area contributed by atoms with Crippen molar-refractivity contribution in [2.75, 3.05) is 0 Å². The quantitative estimate of drug-likeness (QED) is 0.814. The van der Waals surface area contributed by atoms with Crippen LogP contribution in [0, 0.1) is 5.41 Å². The molecule has 0 spiro atoms. The van der Waals surface area contributed by atoms with Crippen LogP contribution < -0.4 is 9.47 Å². The SMILES string of the molecule is C=CC(O)C(C)(C)CC1Oc2ccccc2O1. The van der Waals surface area contributed by atoms with E-state index in [1.807, 2.05) is 38.1 Å². The minimum Gasteiger partial charge on any atom is -0.451 e. The Labute approximate surface area is 102 Å². The van der Waals surface area contributed by atoms with E-state index >= 15 is 0 Å². The molecule has 1 atom stereocenters. The van der Waals surface area contributed by atoms with Crippen molar-refractivity contribution in [3.05, 3.63) is 36.9 Å². The molecular formula is C14H18O3. The Bertz CT molecular complexity index is 387. The summed E-state index contributed by atoms with van der Waals surface area (Å²) in [7, 11) is 0. The van der Waals surface area contributed by atoms with Crippen LogP contribution in [0.15, 0.2) is 36.9 Å². The first-order valence-corrected chi connectivity index (χ1v) is 5.76. The van der Waals surface area contributed by atoms with E-state index in [1.165, 1.54) is 0 Å². The van der Waals surface area contributed by atoms with Gasteiger partial charge in [0.15, 0.2) is 11.5 Å². The predicted molar refractivity (Wildman–Crippen MR) is 66.1 cm³/mol. The van der Waals surface area contributed by atoms with Crippen LogP contribution >= 0.6 is 0 Å². The fourth-order valence-electron chi connectivity index (χ4n) is 1.90. The largest absolute Gasteiger partial charge is 0.451 e. The van der Waals surface area contributed by atoms with Crippen molar-refractivity contribution in [3.63, 3.8) is 0 Å². The van der Waals surface area contributed by atoms with E-state index in [2.05, 4.69) is 6.58 Å². The maximum Gasteiger partial charge on any atom is 0.242 e. The van der Waals surface area contributed by atoms with Crippen LogP contribution in [0.5, 0.6) is 11.5 Å². The monoisotopic (exact) mass is 234 g/mol. The Balaban J connectivity index is 2.02. The van der Waals surface area contributed by atoms with E-state index in [0.29, 0.717) is 6.42 Å². The second-order valence-electron chi connectivity index (χ2n) is 4.99. The van der Waals surface area contributed by atoms with Crippen LogP contribution in [0.25, 0.3) is 0 Å². The zero-order valence-electron chi connectivity index (χ0n) is 10.2. The molecule has 1 aromatic carbocycles. The molecule has 17 heavy (non-hydrogen) atoms. The third kappa shape index (κ3) is 2.44. The zero-order chi connectivity index (χ0) is 12.5. The summed E-state index contributed by atoms with van der Waals surface area (Å²) < 4.78 is 11.3. The van der Waals surface area contributed by atoms with Gasteiger partial charge in [-0.25, -0.2) is 0 Å². The summed E-state index contributed by atoms with van der Waals surface area (Å²) in [5.74, 6) is 1.53. The fraction of sp³-hybridized carbons (Fsp3) is 0.429. The smallest absolute Gasteiger partial charge is 0.242 e. The fourth-order valence-corrected chi connectivity index (χ4v) is 1.90. The second kappa shape index (κ2) is 4.41. The minimum absolute atomic E-state index is 0.325. The molecule has 0 bridgehead atoms. The number of ether oxygens (including phenoxy) is 2. The number of para-hydroxylation sites is 2. The van der Waals surface area contributed by atoms with Gasteiger partial charge in [-0.2, -0.15) is 0 Å². The first kappa shape index (κ1) is 12.0. The van der Waals surface area contributed by atoms with Gasteiger partial charge in [0, 0.05) is 11.8 Å². The van der Waals surface area contributed by atoms with Gasteiger partial charge in [0.05, 0.1) is 6.10 Å². The molecule has 2 rings (SSSR count). The average molecular weight is 234 g/mol. The maximum absolute atomic E-state index is 9.83. The number of fused-ring (bicyclic) bond motifs is 1. The molecule has 0 saturated heterocycles. The van der Waals surface area contributed by atoms with Crippen LogP contribution in [0.4, 0.5) is 0 Å². The number of hydrogen-bond donors (Lipinski definition) is 1. The Kier molecular flexibility index (Phi) is 3.11. The van der Waals surface area contributed by atoms with E-state index in [9.17, 15) is 5.11 Å². The molecule has 0 saturated carbocycles. The van der Waals surface area contributed by atoms with Crippen LogP contribution in [0.3, 0.4) is 0 Å². The Morgan fingerprint density at radius 2 is 1.88 bits per heavy atom. The highest BCUT2D eigenvalue weighted by molar-refractivity contribution is 5.41. The molecule has 1 N–H and O–H groups in total. The van der Waals surface area contributed by atoms with Gasteiger partial charge in [-0.05, 0) is 12.1 Å². The van der Waals surface area contributed by atoms with Crippen LogP contribution in [-0.4, -0.2) is 17.5 Å². The second-order valence-corrected chi connectivity index (χ2v) is 4.99. The van der Waals surface area contributed by atoms with E-state index in [1.54, 1.807) is 6.08 Å². The molecule has 0 aliphatic carbocycles. The van der Waals surface area contributed by atoms with Crippen molar-refractivity contribution in [1.29, 1.82) is 0 Å². The summed E-state index contributed by atoms with van der Waals surface area (Å²) in [4.78, 5) is 0. The molecule has 0 radical (unpaired) electrons. The summed E-state index contributed by atoms with van der Waals surface area (Å²) in [5, 5.41) is 9.83. The first-order valence-electron chi connectivity index (χ1n) is 5.76. The van der Waals surface area contributed by atoms with Gasteiger partial charge in [0.1, 0.15) is 0 Å². The molecule has 92 valence electrons. The predicted octanol–water partition coefficient (Wildman–Crippen LogP) is 2.75. The lowest BCUT2D eigenvalue weighted by Gasteiger charge is -2.30. The normalized spacial score (nSPS) is 16.9. The highest BCUT2D eigenvalue weighted by Crippen LogP contribution is 2.38. The van der Waals surface area contributed by atoms with E-state index in [0.717, 1.165) is 11.5 Å². The Hall–Kier alpha value is -1.48. The summed E-state index contributed by atoms with van der Waals surface area (Å²) >= 11 is 0. The average Bonchev–Trinajstić information content (AvgIpc) is 2.68. The minimum atomic E-state index is -0.571. The number of aliphatic hydroxyl groups is 1. The van der Waals surface area contributed by atoms with Crippen LogP contribution in [-0.2, 0) is 0 Å². The Morgan fingerprint density at radius 3 is 2.35 bits per heavy atom. The number of hydrogen-bond acceptors (Lipinski definition) is 3. The lowest BCUT2D eigenvalue weighted by Crippen LogP contribution is -2.34. The highest BCUT2D eigenvalue weighted by atomic mass is 16.7. The van der Waals surface area contributed by atoms with Crippen molar-refractivity contribution < 1.29 is 14.6 Å². The molecule has 1 unspecified atom stereocenters. The molecule has 0 fully saturated rings. The van der Waals surface area contributed by atoms with E-state index in [4.69, 9.17) is 9.47 Å². The van der Waals surface area contributed by atoms with Gasteiger partial charge in [0.2, 0.25) is 6.29 Å². The number of benzene rings is 1. The lowest BCUT2D eigenvalue weighted by molar-refractivity contribution is -0.0220. The van der Waals surface area contributed by atoms with Gasteiger partial charge in [0.25, 0.3) is 0 Å². The zero-order valence-corrected chi connectivity index (χ0v) is 10.2. The highest BCUT2D eigenvalue weighted by Gasteiger charge is 2.34.